The Hall–Kier alpha value is -1.40. The highest BCUT2D eigenvalue weighted by molar-refractivity contribution is 5.82. The molecule has 2 aliphatic rings. The third-order valence-electron chi connectivity index (χ3n) is 5.23. The first kappa shape index (κ1) is 17.4. The largest absolute Gasteiger partial charge is 0.360 e. The van der Waals surface area contributed by atoms with Crippen LogP contribution in [0.25, 0.3) is 0 Å². The summed E-state index contributed by atoms with van der Waals surface area (Å²) in [6.07, 6.45) is 3.39. The Balaban J connectivity index is 1.52. The highest BCUT2D eigenvalue weighted by Crippen LogP contribution is 2.22. The zero-order valence-electron chi connectivity index (χ0n) is 15.2. The molecule has 6 nitrogen and oxygen atoms in total. The van der Waals surface area contributed by atoms with Gasteiger partial charge in [-0.25, -0.2) is 0 Å². The van der Waals surface area contributed by atoms with Crippen molar-refractivity contribution in [2.75, 3.05) is 32.7 Å². The maximum absolute atomic E-state index is 13.0. The van der Waals surface area contributed by atoms with E-state index in [1.807, 2.05) is 13.0 Å². The van der Waals surface area contributed by atoms with E-state index in [2.05, 4.69) is 33.7 Å². The average molecular weight is 334 g/mol. The molecule has 6 heteroatoms. The molecule has 0 aliphatic carbocycles. The molecular formula is C18H30N4O2. The Bertz CT molecular complexity index is 549. The number of rotatable bonds is 4. The molecule has 0 bridgehead atoms. The maximum Gasteiger partial charge on any atom is 0.240 e. The highest BCUT2D eigenvalue weighted by atomic mass is 16.5. The molecule has 0 N–H and O–H groups in total. The van der Waals surface area contributed by atoms with Gasteiger partial charge in [-0.05, 0) is 40.2 Å². The summed E-state index contributed by atoms with van der Waals surface area (Å²) in [5.74, 6) is 1.24. The van der Waals surface area contributed by atoms with Crippen molar-refractivity contribution in [3.63, 3.8) is 0 Å². The summed E-state index contributed by atoms with van der Waals surface area (Å²) in [7, 11) is 0. The van der Waals surface area contributed by atoms with E-state index in [1.54, 1.807) is 0 Å². The third-order valence-corrected chi connectivity index (χ3v) is 5.23. The Morgan fingerprint density at radius 1 is 1.25 bits per heavy atom. The molecule has 1 atom stereocenters. The Morgan fingerprint density at radius 2 is 2.00 bits per heavy atom. The van der Waals surface area contributed by atoms with Crippen molar-refractivity contribution in [3.8, 4) is 0 Å². The number of carbonyl (C=O) groups is 1. The van der Waals surface area contributed by atoms with Crippen LogP contribution in [0.15, 0.2) is 10.6 Å². The molecule has 1 unspecified atom stereocenters. The van der Waals surface area contributed by atoms with Gasteiger partial charge in [0.25, 0.3) is 0 Å². The number of aryl methyl sites for hydroxylation is 1. The van der Waals surface area contributed by atoms with Crippen molar-refractivity contribution >= 4 is 5.91 Å². The smallest absolute Gasteiger partial charge is 0.240 e. The van der Waals surface area contributed by atoms with E-state index in [4.69, 9.17) is 4.52 Å². The zero-order valence-corrected chi connectivity index (χ0v) is 15.2. The average Bonchev–Trinajstić information content (AvgIpc) is 3.00. The quantitative estimate of drug-likeness (QED) is 0.842. The lowest BCUT2D eigenvalue weighted by Crippen LogP contribution is -2.57. The van der Waals surface area contributed by atoms with Crippen LogP contribution < -0.4 is 0 Å². The minimum absolute atomic E-state index is 0.0854. The second-order valence-electron chi connectivity index (χ2n) is 7.38. The number of piperidine rings is 1. The fraction of sp³-hybridized carbons (Fsp3) is 0.778. The number of nitrogens with zero attached hydrogens (tertiary/aromatic N) is 4. The van der Waals surface area contributed by atoms with Crippen molar-refractivity contribution in [2.24, 2.45) is 0 Å². The molecule has 2 aliphatic heterocycles. The zero-order chi connectivity index (χ0) is 17.1. The Morgan fingerprint density at radius 3 is 2.62 bits per heavy atom. The molecule has 1 aromatic heterocycles. The van der Waals surface area contributed by atoms with E-state index in [-0.39, 0.29) is 6.04 Å². The van der Waals surface area contributed by atoms with Gasteiger partial charge in [0.1, 0.15) is 0 Å². The number of carbonyl (C=O) groups excluding carboxylic acids is 1. The summed E-state index contributed by atoms with van der Waals surface area (Å²) in [4.78, 5) is 19.8. The minimum atomic E-state index is 0.0854. The van der Waals surface area contributed by atoms with Crippen molar-refractivity contribution in [1.82, 2.24) is 19.9 Å². The first-order valence-corrected chi connectivity index (χ1v) is 9.23. The molecule has 3 heterocycles. The lowest BCUT2D eigenvalue weighted by molar-refractivity contribution is -0.141. The van der Waals surface area contributed by atoms with Crippen LogP contribution in [0.5, 0.6) is 0 Å². The molecule has 1 amide bonds. The minimum Gasteiger partial charge on any atom is -0.360 e. The second-order valence-corrected chi connectivity index (χ2v) is 7.38. The van der Waals surface area contributed by atoms with Crippen LogP contribution in [0.1, 0.15) is 44.6 Å². The fourth-order valence-corrected chi connectivity index (χ4v) is 3.89. The van der Waals surface area contributed by atoms with E-state index >= 15 is 0 Å². The van der Waals surface area contributed by atoms with E-state index in [1.165, 1.54) is 12.8 Å². The molecule has 134 valence electrons. The number of amides is 1. The van der Waals surface area contributed by atoms with Crippen molar-refractivity contribution in [3.05, 3.63) is 17.5 Å². The van der Waals surface area contributed by atoms with Gasteiger partial charge in [-0.3, -0.25) is 14.6 Å². The van der Waals surface area contributed by atoms with Gasteiger partial charge in [0.15, 0.2) is 5.76 Å². The van der Waals surface area contributed by atoms with Crippen molar-refractivity contribution in [2.45, 2.75) is 58.7 Å². The molecular weight excluding hydrogens is 304 g/mol. The van der Waals surface area contributed by atoms with Crippen LogP contribution >= 0.6 is 0 Å². The first-order valence-electron chi connectivity index (χ1n) is 9.23. The van der Waals surface area contributed by atoms with Crippen LogP contribution in [0.2, 0.25) is 0 Å². The predicted molar refractivity (Wildman–Crippen MR) is 92.6 cm³/mol. The van der Waals surface area contributed by atoms with Gasteiger partial charge in [0, 0.05) is 38.3 Å². The van der Waals surface area contributed by atoms with Crippen LogP contribution in [0, 0.1) is 6.92 Å². The number of likely N-dealkylation sites (tertiary alicyclic amines) is 1. The van der Waals surface area contributed by atoms with Crippen LogP contribution in [-0.2, 0) is 11.3 Å². The molecule has 0 saturated carbocycles. The summed E-state index contributed by atoms with van der Waals surface area (Å²) in [6, 6.07) is 2.51. The van der Waals surface area contributed by atoms with E-state index in [0.717, 1.165) is 57.1 Å². The lowest BCUT2D eigenvalue weighted by Gasteiger charge is -2.42. The predicted octanol–water partition coefficient (Wildman–Crippen LogP) is 1.89. The van der Waals surface area contributed by atoms with Gasteiger partial charge in [0.05, 0.1) is 18.3 Å². The van der Waals surface area contributed by atoms with Crippen LogP contribution in [-0.4, -0.2) is 70.6 Å². The second kappa shape index (κ2) is 7.66. The third kappa shape index (κ3) is 3.98. The molecule has 3 rings (SSSR count). The number of hydrogen-bond donors (Lipinski definition) is 0. The van der Waals surface area contributed by atoms with Crippen LogP contribution in [0.4, 0.5) is 0 Å². The molecule has 1 aromatic rings. The molecule has 0 aromatic carbocycles. The van der Waals surface area contributed by atoms with Gasteiger partial charge in [0.2, 0.25) is 5.91 Å². The summed E-state index contributed by atoms with van der Waals surface area (Å²) in [5.41, 5.74) is 0.921. The standard InChI is InChI=1S/C18H30N4O2/c1-14(2)22-7-5-4-6-17(22)18(23)21-10-8-20(9-11-21)13-16-12-15(3)19-24-16/h12,14,17H,4-11,13H2,1-3H3. The Labute approximate surface area is 144 Å². The summed E-state index contributed by atoms with van der Waals surface area (Å²) in [5, 5.41) is 3.94. The Kier molecular flexibility index (Phi) is 5.56. The molecule has 24 heavy (non-hydrogen) atoms. The van der Waals surface area contributed by atoms with E-state index in [0.29, 0.717) is 11.9 Å². The van der Waals surface area contributed by atoms with Gasteiger partial charge in [-0.1, -0.05) is 11.6 Å². The van der Waals surface area contributed by atoms with Gasteiger partial charge in [-0.2, -0.15) is 0 Å². The molecule has 0 spiro atoms. The van der Waals surface area contributed by atoms with Gasteiger partial charge >= 0.3 is 0 Å². The van der Waals surface area contributed by atoms with Gasteiger partial charge < -0.3 is 9.42 Å². The fourth-order valence-electron chi connectivity index (χ4n) is 3.89. The SMILES string of the molecule is Cc1cc(CN2CCN(C(=O)C3CCCCN3C(C)C)CC2)on1. The number of hydrogen-bond acceptors (Lipinski definition) is 5. The van der Waals surface area contributed by atoms with Gasteiger partial charge in [-0.15, -0.1) is 0 Å². The monoisotopic (exact) mass is 334 g/mol. The normalized spacial score (nSPS) is 23.8. The summed E-state index contributed by atoms with van der Waals surface area (Å²) < 4.78 is 5.30. The highest BCUT2D eigenvalue weighted by Gasteiger charge is 2.34. The van der Waals surface area contributed by atoms with Crippen LogP contribution in [0.3, 0.4) is 0 Å². The first-order chi connectivity index (χ1) is 11.5. The lowest BCUT2D eigenvalue weighted by atomic mass is 9.99. The van der Waals surface area contributed by atoms with E-state index < -0.39 is 0 Å². The van der Waals surface area contributed by atoms with Crippen molar-refractivity contribution in [1.29, 1.82) is 0 Å². The molecule has 0 radical (unpaired) electrons. The number of aromatic nitrogens is 1. The van der Waals surface area contributed by atoms with Crippen molar-refractivity contribution < 1.29 is 9.32 Å². The topological polar surface area (TPSA) is 52.8 Å². The maximum atomic E-state index is 13.0. The van der Waals surface area contributed by atoms with E-state index in [9.17, 15) is 4.79 Å². The summed E-state index contributed by atoms with van der Waals surface area (Å²) in [6.45, 7) is 11.6. The molecule has 2 fully saturated rings. The number of piperazine rings is 1. The molecule has 2 saturated heterocycles. The summed E-state index contributed by atoms with van der Waals surface area (Å²) >= 11 is 0.